The van der Waals surface area contributed by atoms with Crippen LogP contribution < -0.4 is 20.7 Å². The lowest BCUT2D eigenvalue weighted by Crippen LogP contribution is -2.34. The van der Waals surface area contributed by atoms with Gasteiger partial charge in [-0.2, -0.15) is 0 Å². The standard InChI is InChI=1S/C24H22ClN3O4/c25-19-8-12-21(13-9-19)32-16-22(29)28-20-10-6-18(7-11-20)24(31)27-15-14-26-23(30)17-4-2-1-3-5-17/h1-13H,14-16H2,(H,26,30)(H,27,31)(H,28,29). The van der Waals surface area contributed by atoms with Crippen LogP contribution in [0.2, 0.25) is 5.02 Å². The van der Waals surface area contributed by atoms with Crippen molar-refractivity contribution in [2.45, 2.75) is 0 Å². The number of hydrogen-bond donors (Lipinski definition) is 3. The van der Waals surface area contributed by atoms with Crippen LogP contribution in [0.5, 0.6) is 5.75 Å². The van der Waals surface area contributed by atoms with E-state index in [0.717, 1.165) is 0 Å². The first-order chi connectivity index (χ1) is 15.5. The molecule has 0 unspecified atom stereocenters. The van der Waals surface area contributed by atoms with Gasteiger partial charge in [-0.15, -0.1) is 0 Å². The van der Waals surface area contributed by atoms with Crippen LogP contribution in [0.25, 0.3) is 0 Å². The Kier molecular flexibility index (Phi) is 8.22. The maximum Gasteiger partial charge on any atom is 0.262 e. The van der Waals surface area contributed by atoms with Crippen molar-refractivity contribution in [3.8, 4) is 5.75 Å². The third-order valence-corrected chi connectivity index (χ3v) is 4.60. The minimum Gasteiger partial charge on any atom is -0.484 e. The quantitative estimate of drug-likeness (QED) is 0.434. The molecule has 3 rings (SSSR count). The highest BCUT2D eigenvalue weighted by Crippen LogP contribution is 2.15. The zero-order valence-electron chi connectivity index (χ0n) is 17.1. The van der Waals surface area contributed by atoms with Crippen LogP contribution >= 0.6 is 11.6 Å². The van der Waals surface area contributed by atoms with E-state index < -0.39 is 0 Å². The lowest BCUT2D eigenvalue weighted by molar-refractivity contribution is -0.118. The van der Waals surface area contributed by atoms with E-state index in [4.69, 9.17) is 16.3 Å². The lowest BCUT2D eigenvalue weighted by atomic mass is 10.2. The summed E-state index contributed by atoms with van der Waals surface area (Å²) in [4.78, 5) is 36.2. The minimum absolute atomic E-state index is 0.154. The van der Waals surface area contributed by atoms with Crippen molar-refractivity contribution in [3.05, 3.63) is 95.0 Å². The molecule has 7 nitrogen and oxygen atoms in total. The molecule has 3 amide bonds. The summed E-state index contributed by atoms with van der Waals surface area (Å²) in [5.74, 6) is -0.259. The molecule has 3 aromatic rings. The summed E-state index contributed by atoms with van der Waals surface area (Å²) in [5.41, 5.74) is 1.55. The average Bonchev–Trinajstić information content (AvgIpc) is 2.82. The fraction of sp³-hybridized carbons (Fsp3) is 0.125. The lowest BCUT2D eigenvalue weighted by Gasteiger charge is -2.09. The molecular formula is C24H22ClN3O4. The Hall–Kier alpha value is -3.84. The second-order valence-corrected chi connectivity index (χ2v) is 7.18. The van der Waals surface area contributed by atoms with Gasteiger partial charge in [0.2, 0.25) is 0 Å². The van der Waals surface area contributed by atoms with E-state index in [0.29, 0.717) is 34.1 Å². The number of halogens is 1. The van der Waals surface area contributed by atoms with Gasteiger partial charge in [-0.3, -0.25) is 14.4 Å². The molecule has 0 aliphatic carbocycles. The van der Waals surface area contributed by atoms with Crippen LogP contribution in [-0.2, 0) is 4.79 Å². The highest BCUT2D eigenvalue weighted by atomic mass is 35.5. The Morgan fingerprint density at radius 2 is 1.28 bits per heavy atom. The van der Waals surface area contributed by atoms with Crippen molar-refractivity contribution >= 4 is 35.0 Å². The van der Waals surface area contributed by atoms with E-state index in [1.54, 1.807) is 72.8 Å². The van der Waals surface area contributed by atoms with Crippen molar-refractivity contribution in [3.63, 3.8) is 0 Å². The first-order valence-electron chi connectivity index (χ1n) is 9.91. The summed E-state index contributed by atoms with van der Waals surface area (Å²) in [5, 5.41) is 8.77. The van der Waals surface area contributed by atoms with Gasteiger partial charge in [0.25, 0.3) is 17.7 Å². The topological polar surface area (TPSA) is 96.5 Å². The number of carbonyl (C=O) groups excluding carboxylic acids is 3. The number of rotatable bonds is 9. The van der Waals surface area contributed by atoms with E-state index in [9.17, 15) is 14.4 Å². The Labute approximate surface area is 190 Å². The molecule has 8 heteroatoms. The SMILES string of the molecule is O=C(COc1ccc(Cl)cc1)Nc1ccc(C(=O)NCCNC(=O)c2ccccc2)cc1. The monoisotopic (exact) mass is 451 g/mol. The Bertz CT molecular complexity index is 1050. The summed E-state index contributed by atoms with van der Waals surface area (Å²) in [6, 6.07) is 22.0. The number of benzene rings is 3. The van der Waals surface area contributed by atoms with E-state index >= 15 is 0 Å². The van der Waals surface area contributed by atoms with Crippen molar-refractivity contribution in [1.29, 1.82) is 0 Å². The van der Waals surface area contributed by atoms with Crippen LogP contribution in [-0.4, -0.2) is 37.4 Å². The molecule has 0 saturated heterocycles. The Morgan fingerprint density at radius 3 is 1.88 bits per heavy atom. The smallest absolute Gasteiger partial charge is 0.262 e. The fourth-order valence-corrected chi connectivity index (χ4v) is 2.85. The van der Waals surface area contributed by atoms with Gasteiger partial charge in [0, 0.05) is 34.9 Å². The summed E-state index contributed by atoms with van der Waals surface area (Å²) in [7, 11) is 0. The molecule has 0 radical (unpaired) electrons. The number of anilines is 1. The van der Waals surface area contributed by atoms with Gasteiger partial charge in [-0.1, -0.05) is 29.8 Å². The fourth-order valence-electron chi connectivity index (χ4n) is 2.73. The van der Waals surface area contributed by atoms with Gasteiger partial charge in [-0.25, -0.2) is 0 Å². The molecule has 0 atom stereocenters. The third-order valence-electron chi connectivity index (χ3n) is 4.35. The average molecular weight is 452 g/mol. The molecule has 0 heterocycles. The maximum absolute atomic E-state index is 12.2. The van der Waals surface area contributed by atoms with Gasteiger partial charge >= 0.3 is 0 Å². The molecular weight excluding hydrogens is 430 g/mol. The number of ether oxygens (including phenoxy) is 1. The highest BCUT2D eigenvalue weighted by molar-refractivity contribution is 6.30. The second kappa shape index (κ2) is 11.5. The number of amides is 3. The van der Waals surface area contributed by atoms with Crippen LogP contribution in [0.4, 0.5) is 5.69 Å². The van der Waals surface area contributed by atoms with Crippen molar-refractivity contribution < 1.29 is 19.1 Å². The summed E-state index contributed by atoms with van der Waals surface area (Å²) in [6.45, 7) is 0.442. The Balaban J connectivity index is 1.38. The van der Waals surface area contributed by atoms with Gasteiger partial charge in [0.05, 0.1) is 0 Å². The van der Waals surface area contributed by atoms with E-state index in [2.05, 4.69) is 16.0 Å². The number of carbonyl (C=O) groups is 3. The molecule has 3 aromatic carbocycles. The molecule has 0 fully saturated rings. The van der Waals surface area contributed by atoms with E-state index in [-0.39, 0.29) is 30.9 Å². The normalized spacial score (nSPS) is 10.2. The first-order valence-corrected chi connectivity index (χ1v) is 10.3. The van der Waals surface area contributed by atoms with Crippen LogP contribution in [0, 0.1) is 0 Å². The molecule has 3 N–H and O–H groups in total. The van der Waals surface area contributed by atoms with Crippen molar-refractivity contribution in [1.82, 2.24) is 10.6 Å². The van der Waals surface area contributed by atoms with Crippen molar-refractivity contribution in [2.24, 2.45) is 0 Å². The molecule has 164 valence electrons. The predicted molar refractivity (Wildman–Crippen MR) is 123 cm³/mol. The third kappa shape index (κ3) is 7.14. The minimum atomic E-state index is -0.327. The summed E-state index contributed by atoms with van der Waals surface area (Å²) < 4.78 is 5.39. The maximum atomic E-state index is 12.2. The van der Waals surface area contributed by atoms with Gasteiger partial charge in [0.15, 0.2) is 6.61 Å². The summed E-state index contributed by atoms with van der Waals surface area (Å²) in [6.07, 6.45) is 0. The molecule has 0 aromatic heterocycles. The molecule has 0 aliphatic heterocycles. The predicted octanol–water partition coefficient (Wildman–Crippen LogP) is 3.52. The second-order valence-electron chi connectivity index (χ2n) is 6.75. The van der Waals surface area contributed by atoms with Gasteiger partial charge in [0.1, 0.15) is 5.75 Å². The van der Waals surface area contributed by atoms with Crippen LogP contribution in [0.15, 0.2) is 78.9 Å². The molecule has 0 saturated carbocycles. The van der Waals surface area contributed by atoms with Crippen molar-refractivity contribution in [2.75, 3.05) is 25.0 Å². The first kappa shape index (κ1) is 22.8. The number of nitrogens with one attached hydrogen (secondary N) is 3. The van der Waals surface area contributed by atoms with Crippen LogP contribution in [0.1, 0.15) is 20.7 Å². The molecule has 0 aliphatic rings. The van der Waals surface area contributed by atoms with E-state index in [1.807, 2.05) is 6.07 Å². The van der Waals surface area contributed by atoms with Gasteiger partial charge < -0.3 is 20.7 Å². The Morgan fingerprint density at radius 1 is 0.719 bits per heavy atom. The molecule has 0 bridgehead atoms. The molecule has 0 spiro atoms. The molecule has 32 heavy (non-hydrogen) atoms. The highest BCUT2D eigenvalue weighted by Gasteiger charge is 2.08. The number of hydrogen-bond acceptors (Lipinski definition) is 4. The van der Waals surface area contributed by atoms with E-state index in [1.165, 1.54) is 0 Å². The van der Waals surface area contributed by atoms with Gasteiger partial charge in [-0.05, 0) is 60.7 Å². The van der Waals surface area contributed by atoms with Crippen LogP contribution in [0.3, 0.4) is 0 Å². The zero-order valence-corrected chi connectivity index (χ0v) is 17.9. The summed E-state index contributed by atoms with van der Waals surface area (Å²) >= 11 is 5.81. The largest absolute Gasteiger partial charge is 0.484 e. The zero-order chi connectivity index (χ0) is 22.8.